The van der Waals surface area contributed by atoms with Gasteiger partial charge < -0.3 is 10.1 Å². The zero-order chi connectivity index (χ0) is 14.5. The summed E-state index contributed by atoms with van der Waals surface area (Å²) < 4.78 is 6.05. The highest BCUT2D eigenvalue weighted by molar-refractivity contribution is 7.10. The van der Waals surface area contributed by atoms with Crippen LogP contribution in [-0.2, 0) is 0 Å². The fourth-order valence-corrected chi connectivity index (χ4v) is 3.22. The van der Waals surface area contributed by atoms with Gasteiger partial charge in [-0.25, -0.2) is 0 Å². The third-order valence-electron chi connectivity index (χ3n) is 3.25. The van der Waals surface area contributed by atoms with E-state index in [1.54, 1.807) is 11.3 Å². The molecular formula is C16H20ClNOS. The minimum Gasteiger partial charge on any atom is -0.489 e. The van der Waals surface area contributed by atoms with Crippen molar-refractivity contribution in [1.82, 2.24) is 5.32 Å². The molecule has 0 amide bonds. The van der Waals surface area contributed by atoms with E-state index in [0.717, 1.165) is 12.3 Å². The summed E-state index contributed by atoms with van der Waals surface area (Å²) >= 11 is 7.77. The van der Waals surface area contributed by atoms with E-state index < -0.39 is 0 Å². The molecule has 0 radical (unpaired) electrons. The van der Waals surface area contributed by atoms with Crippen LogP contribution in [0.3, 0.4) is 0 Å². The summed E-state index contributed by atoms with van der Waals surface area (Å²) in [6.45, 7) is 7.26. The van der Waals surface area contributed by atoms with Gasteiger partial charge in [0.15, 0.2) is 0 Å². The SMILES string of the molecule is CCNC(c1ccsc1C)C(C)Oc1cccc(Cl)c1. The Morgan fingerprint density at radius 2 is 2.15 bits per heavy atom. The van der Waals surface area contributed by atoms with Crippen LogP contribution in [0.2, 0.25) is 5.02 Å². The molecule has 1 heterocycles. The third-order valence-corrected chi connectivity index (χ3v) is 4.34. The molecule has 0 bridgehead atoms. The van der Waals surface area contributed by atoms with Crippen LogP contribution in [0.5, 0.6) is 5.75 Å². The molecule has 2 nitrogen and oxygen atoms in total. The number of hydrogen-bond acceptors (Lipinski definition) is 3. The maximum atomic E-state index is 6.05. The van der Waals surface area contributed by atoms with Gasteiger partial charge in [0.1, 0.15) is 11.9 Å². The number of likely N-dealkylation sites (N-methyl/N-ethyl adjacent to an activating group) is 1. The van der Waals surface area contributed by atoms with Gasteiger partial charge in [0.2, 0.25) is 0 Å². The molecule has 1 aromatic heterocycles. The van der Waals surface area contributed by atoms with E-state index in [-0.39, 0.29) is 12.1 Å². The van der Waals surface area contributed by atoms with E-state index >= 15 is 0 Å². The summed E-state index contributed by atoms with van der Waals surface area (Å²) in [5.74, 6) is 0.806. The quantitative estimate of drug-likeness (QED) is 0.825. The third kappa shape index (κ3) is 3.75. The molecule has 20 heavy (non-hydrogen) atoms. The first-order valence-electron chi connectivity index (χ1n) is 6.81. The number of thiophene rings is 1. The van der Waals surface area contributed by atoms with Crippen molar-refractivity contribution in [2.45, 2.75) is 32.9 Å². The Kier molecular flexibility index (Phi) is 5.46. The van der Waals surface area contributed by atoms with Gasteiger partial charge in [-0.05, 0) is 55.6 Å². The normalized spacial score (nSPS) is 14.0. The Morgan fingerprint density at radius 1 is 1.35 bits per heavy atom. The van der Waals surface area contributed by atoms with Gasteiger partial charge in [-0.3, -0.25) is 0 Å². The highest BCUT2D eigenvalue weighted by Gasteiger charge is 2.22. The van der Waals surface area contributed by atoms with Crippen LogP contribution in [0.25, 0.3) is 0 Å². The minimum atomic E-state index is 0.0294. The minimum absolute atomic E-state index is 0.0294. The lowest BCUT2D eigenvalue weighted by Gasteiger charge is -2.26. The molecule has 0 fully saturated rings. The van der Waals surface area contributed by atoms with Crippen LogP contribution in [0, 0.1) is 6.92 Å². The van der Waals surface area contributed by atoms with Crippen molar-refractivity contribution >= 4 is 22.9 Å². The van der Waals surface area contributed by atoms with E-state index in [4.69, 9.17) is 16.3 Å². The van der Waals surface area contributed by atoms with Crippen LogP contribution in [-0.4, -0.2) is 12.6 Å². The molecule has 2 aromatic rings. The summed E-state index contributed by atoms with van der Waals surface area (Å²) in [4.78, 5) is 1.33. The van der Waals surface area contributed by atoms with Gasteiger partial charge in [-0.2, -0.15) is 0 Å². The molecule has 0 aliphatic rings. The highest BCUT2D eigenvalue weighted by Crippen LogP contribution is 2.28. The van der Waals surface area contributed by atoms with Crippen LogP contribution in [0.4, 0.5) is 0 Å². The van der Waals surface area contributed by atoms with Crippen LogP contribution in [0.1, 0.15) is 30.3 Å². The number of rotatable bonds is 6. The number of hydrogen-bond donors (Lipinski definition) is 1. The Balaban J connectivity index is 2.15. The second kappa shape index (κ2) is 7.11. The molecule has 0 saturated heterocycles. The van der Waals surface area contributed by atoms with Crippen molar-refractivity contribution in [3.05, 3.63) is 51.2 Å². The predicted molar refractivity (Wildman–Crippen MR) is 87.0 cm³/mol. The maximum absolute atomic E-state index is 6.05. The Bertz CT molecular complexity index is 555. The standard InChI is InChI=1S/C16H20ClNOS/c1-4-18-16(15-8-9-20-12(15)3)11(2)19-14-7-5-6-13(17)10-14/h5-11,16,18H,4H2,1-3H3. The molecule has 2 unspecified atom stereocenters. The topological polar surface area (TPSA) is 21.3 Å². The number of halogens is 1. The smallest absolute Gasteiger partial charge is 0.121 e. The van der Waals surface area contributed by atoms with Gasteiger partial charge >= 0.3 is 0 Å². The predicted octanol–water partition coefficient (Wildman–Crippen LogP) is 4.83. The molecule has 0 spiro atoms. The zero-order valence-electron chi connectivity index (χ0n) is 12.0. The molecule has 108 valence electrons. The molecule has 4 heteroatoms. The second-order valence-corrected chi connectivity index (χ2v) is 6.30. The molecule has 0 aliphatic heterocycles. The summed E-state index contributed by atoms with van der Waals surface area (Å²) in [6.07, 6.45) is 0.0294. The first-order chi connectivity index (χ1) is 9.61. The summed E-state index contributed by atoms with van der Waals surface area (Å²) in [6, 6.07) is 9.90. The summed E-state index contributed by atoms with van der Waals surface area (Å²) in [7, 11) is 0. The molecule has 2 atom stereocenters. The number of ether oxygens (including phenoxy) is 1. The molecule has 1 aromatic carbocycles. The Hall–Kier alpha value is -1.03. The second-order valence-electron chi connectivity index (χ2n) is 4.75. The molecule has 0 saturated carbocycles. The molecular weight excluding hydrogens is 290 g/mol. The average Bonchev–Trinajstić information content (AvgIpc) is 2.82. The van der Waals surface area contributed by atoms with Crippen molar-refractivity contribution in [3.8, 4) is 5.75 Å². The summed E-state index contributed by atoms with van der Waals surface area (Å²) in [5, 5.41) is 6.33. The van der Waals surface area contributed by atoms with Crippen molar-refractivity contribution in [1.29, 1.82) is 0 Å². The molecule has 1 N–H and O–H groups in total. The van der Waals surface area contributed by atoms with Gasteiger partial charge in [0.25, 0.3) is 0 Å². The lowest BCUT2D eigenvalue weighted by atomic mass is 10.0. The van der Waals surface area contributed by atoms with Gasteiger partial charge in [0.05, 0.1) is 6.04 Å². The van der Waals surface area contributed by atoms with Crippen LogP contribution >= 0.6 is 22.9 Å². The monoisotopic (exact) mass is 309 g/mol. The van der Waals surface area contributed by atoms with E-state index in [2.05, 4.69) is 37.5 Å². The number of aryl methyl sites for hydroxylation is 1. The van der Waals surface area contributed by atoms with E-state index in [1.807, 2.05) is 24.3 Å². The number of nitrogens with one attached hydrogen (secondary N) is 1. The van der Waals surface area contributed by atoms with E-state index in [0.29, 0.717) is 5.02 Å². The average molecular weight is 310 g/mol. The lowest BCUT2D eigenvalue weighted by Crippen LogP contribution is -2.33. The van der Waals surface area contributed by atoms with Crippen molar-refractivity contribution in [2.24, 2.45) is 0 Å². The van der Waals surface area contributed by atoms with Crippen molar-refractivity contribution in [3.63, 3.8) is 0 Å². The molecule has 2 rings (SSSR count). The summed E-state index contributed by atoms with van der Waals surface area (Å²) in [5.41, 5.74) is 1.31. The van der Waals surface area contributed by atoms with Crippen LogP contribution < -0.4 is 10.1 Å². The zero-order valence-corrected chi connectivity index (χ0v) is 13.6. The maximum Gasteiger partial charge on any atom is 0.121 e. The Morgan fingerprint density at radius 3 is 2.75 bits per heavy atom. The largest absolute Gasteiger partial charge is 0.489 e. The van der Waals surface area contributed by atoms with E-state index in [1.165, 1.54) is 10.4 Å². The van der Waals surface area contributed by atoms with Crippen molar-refractivity contribution in [2.75, 3.05) is 6.54 Å². The fraction of sp³-hybridized carbons (Fsp3) is 0.375. The number of benzene rings is 1. The lowest BCUT2D eigenvalue weighted by molar-refractivity contribution is 0.171. The molecule has 0 aliphatic carbocycles. The van der Waals surface area contributed by atoms with Crippen molar-refractivity contribution < 1.29 is 4.74 Å². The van der Waals surface area contributed by atoms with Crippen LogP contribution in [0.15, 0.2) is 35.7 Å². The highest BCUT2D eigenvalue weighted by atomic mass is 35.5. The first kappa shape index (κ1) is 15.4. The van der Waals surface area contributed by atoms with Gasteiger partial charge in [0, 0.05) is 9.90 Å². The van der Waals surface area contributed by atoms with E-state index in [9.17, 15) is 0 Å². The van der Waals surface area contributed by atoms with Gasteiger partial charge in [-0.1, -0.05) is 24.6 Å². The first-order valence-corrected chi connectivity index (χ1v) is 8.07. The Labute approximate surface area is 129 Å². The fourth-order valence-electron chi connectivity index (χ4n) is 2.29. The van der Waals surface area contributed by atoms with Gasteiger partial charge in [-0.15, -0.1) is 11.3 Å².